The minimum Gasteiger partial charge on any atom is -0.399 e. The van der Waals surface area contributed by atoms with Gasteiger partial charge in [-0.05, 0) is 55.2 Å². The lowest BCUT2D eigenvalue weighted by atomic mass is 10.0. The summed E-state index contributed by atoms with van der Waals surface area (Å²) in [6.07, 6.45) is 1.97. The Morgan fingerprint density at radius 3 is 2.78 bits per heavy atom. The van der Waals surface area contributed by atoms with Crippen molar-refractivity contribution in [2.24, 2.45) is 0 Å². The van der Waals surface area contributed by atoms with Gasteiger partial charge in [-0.25, -0.2) is 0 Å². The topological polar surface area (TPSA) is 46.3 Å². The van der Waals surface area contributed by atoms with Crippen molar-refractivity contribution < 1.29 is 4.79 Å². The zero-order valence-corrected chi connectivity index (χ0v) is 14.5. The van der Waals surface area contributed by atoms with E-state index in [1.165, 1.54) is 0 Å². The number of amides is 1. The van der Waals surface area contributed by atoms with Gasteiger partial charge in [0, 0.05) is 22.8 Å². The molecule has 1 aliphatic heterocycles. The molecule has 1 fully saturated rings. The SMILES string of the molecule is Cc1ccc(N)cc1C(=O)N1CCCC1c1cccc(Cl)c1.Cl. The molecule has 1 unspecified atom stereocenters. The molecule has 1 amide bonds. The summed E-state index contributed by atoms with van der Waals surface area (Å²) in [4.78, 5) is 14.9. The van der Waals surface area contributed by atoms with Gasteiger partial charge >= 0.3 is 0 Å². The average Bonchev–Trinajstić information content (AvgIpc) is 2.98. The molecule has 3 nitrogen and oxygen atoms in total. The number of rotatable bonds is 2. The molecule has 2 aromatic carbocycles. The fourth-order valence-electron chi connectivity index (χ4n) is 3.09. The molecule has 23 heavy (non-hydrogen) atoms. The maximum atomic E-state index is 12.9. The van der Waals surface area contributed by atoms with E-state index in [0.717, 1.165) is 30.5 Å². The minimum atomic E-state index is 0. The van der Waals surface area contributed by atoms with E-state index in [-0.39, 0.29) is 24.4 Å². The number of benzene rings is 2. The summed E-state index contributed by atoms with van der Waals surface area (Å²) in [6, 6.07) is 13.4. The number of hydrogen-bond donors (Lipinski definition) is 1. The predicted molar refractivity (Wildman–Crippen MR) is 97.3 cm³/mol. The Bertz CT molecular complexity index is 718. The molecule has 1 heterocycles. The molecule has 2 N–H and O–H groups in total. The largest absolute Gasteiger partial charge is 0.399 e. The molecule has 0 aromatic heterocycles. The van der Waals surface area contributed by atoms with E-state index >= 15 is 0 Å². The highest BCUT2D eigenvalue weighted by Gasteiger charge is 2.31. The van der Waals surface area contributed by atoms with Gasteiger partial charge in [0.25, 0.3) is 5.91 Å². The summed E-state index contributed by atoms with van der Waals surface area (Å²) in [5, 5.41) is 0.705. The van der Waals surface area contributed by atoms with Gasteiger partial charge in [0.15, 0.2) is 0 Å². The number of halogens is 2. The molecule has 3 rings (SSSR count). The third kappa shape index (κ3) is 3.62. The Hall–Kier alpha value is -1.71. The summed E-state index contributed by atoms with van der Waals surface area (Å²) in [7, 11) is 0. The maximum Gasteiger partial charge on any atom is 0.254 e. The lowest BCUT2D eigenvalue weighted by molar-refractivity contribution is 0.0735. The molecule has 1 atom stereocenters. The van der Waals surface area contributed by atoms with Crippen LogP contribution in [0, 0.1) is 6.92 Å². The van der Waals surface area contributed by atoms with Crippen molar-refractivity contribution in [2.45, 2.75) is 25.8 Å². The zero-order valence-electron chi connectivity index (χ0n) is 13.0. The quantitative estimate of drug-likeness (QED) is 0.802. The Balaban J connectivity index is 0.00000192. The molecule has 0 aliphatic carbocycles. The van der Waals surface area contributed by atoms with E-state index in [9.17, 15) is 4.79 Å². The molecule has 1 aliphatic rings. The molecule has 0 radical (unpaired) electrons. The monoisotopic (exact) mass is 350 g/mol. The molecule has 122 valence electrons. The summed E-state index contributed by atoms with van der Waals surface area (Å²) in [6.45, 7) is 2.71. The van der Waals surface area contributed by atoms with Crippen molar-refractivity contribution in [3.05, 3.63) is 64.2 Å². The van der Waals surface area contributed by atoms with Crippen molar-refractivity contribution in [1.82, 2.24) is 4.90 Å². The highest BCUT2D eigenvalue weighted by atomic mass is 35.5. The molecule has 2 aromatic rings. The fraction of sp³-hybridized carbons (Fsp3) is 0.278. The van der Waals surface area contributed by atoms with Crippen LogP contribution in [0.25, 0.3) is 0 Å². The van der Waals surface area contributed by atoms with Crippen LogP contribution in [0.3, 0.4) is 0 Å². The van der Waals surface area contributed by atoms with Gasteiger partial charge in [-0.3, -0.25) is 4.79 Å². The lowest BCUT2D eigenvalue weighted by Gasteiger charge is -2.26. The maximum absolute atomic E-state index is 12.9. The Morgan fingerprint density at radius 1 is 1.26 bits per heavy atom. The van der Waals surface area contributed by atoms with Gasteiger partial charge in [0.2, 0.25) is 0 Å². The summed E-state index contributed by atoms with van der Waals surface area (Å²) >= 11 is 6.09. The normalized spacial score (nSPS) is 17.0. The second kappa shape index (κ2) is 7.24. The highest BCUT2D eigenvalue weighted by molar-refractivity contribution is 6.30. The van der Waals surface area contributed by atoms with E-state index in [2.05, 4.69) is 0 Å². The fourth-order valence-corrected chi connectivity index (χ4v) is 3.29. The van der Waals surface area contributed by atoms with Gasteiger partial charge in [-0.1, -0.05) is 29.8 Å². The number of carbonyl (C=O) groups is 1. The predicted octanol–water partition coefficient (Wildman–Crippen LogP) is 4.63. The van der Waals surface area contributed by atoms with Crippen LogP contribution >= 0.6 is 24.0 Å². The first-order valence-electron chi connectivity index (χ1n) is 7.49. The Morgan fingerprint density at radius 2 is 2.04 bits per heavy atom. The minimum absolute atomic E-state index is 0. The van der Waals surface area contributed by atoms with Crippen LogP contribution in [0.4, 0.5) is 5.69 Å². The van der Waals surface area contributed by atoms with Crippen molar-refractivity contribution >= 4 is 35.6 Å². The van der Waals surface area contributed by atoms with E-state index in [1.807, 2.05) is 48.2 Å². The number of carbonyl (C=O) groups excluding carboxylic acids is 1. The first-order valence-corrected chi connectivity index (χ1v) is 7.86. The number of nitrogen functional groups attached to an aromatic ring is 1. The Kier molecular flexibility index (Phi) is 5.55. The lowest BCUT2D eigenvalue weighted by Crippen LogP contribution is -2.31. The molecule has 5 heteroatoms. The first-order chi connectivity index (χ1) is 10.6. The summed E-state index contributed by atoms with van der Waals surface area (Å²) < 4.78 is 0. The van der Waals surface area contributed by atoms with Crippen LogP contribution in [-0.2, 0) is 0 Å². The number of nitrogens with zero attached hydrogens (tertiary/aromatic N) is 1. The Labute approximate surface area is 147 Å². The van der Waals surface area contributed by atoms with Gasteiger partial charge in [-0.2, -0.15) is 0 Å². The van der Waals surface area contributed by atoms with E-state index in [1.54, 1.807) is 6.07 Å². The van der Waals surface area contributed by atoms with Crippen LogP contribution < -0.4 is 5.73 Å². The van der Waals surface area contributed by atoms with Crippen molar-refractivity contribution in [3.63, 3.8) is 0 Å². The molecule has 1 saturated heterocycles. The van der Waals surface area contributed by atoms with Crippen LogP contribution in [0.15, 0.2) is 42.5 Å². The van der Waals surface area contributed by atoms with Gasteiger partial charge in [-0.15, -0.1) is 12.4 Å². The second-order valence-corrected chi connectivity index (χ2v) is 6.22. The molecule has 0 saturated carbocycles. The number of likely N-dealkylation sites (tertiary alicyclic amines) is 1. The third-order valence-electron chi connectivity index (χ3n) is 4.24. The number of aryl methyl sites for hydroxylation is 1. The summed E-state index contributed by atoms with van der Waals surface area (Å²) in [5.41, 5.74) is 9.20. The van der Waals surface area contributed by atoms with Crippen LogP contribution in [0.5, 0.6) is 0 Å². The van der Waals surface area contributed by atoms with Gasteiger partial charge in [0.05, 0.1) is 6.04 Å². The number of hydrogen-bond acceptors (Lipinski definition) is 2. The van der Waals surface area contributed by atoms with Gasteiger partial charge < -0.3 is 10.6 Å². The zero-order chi connectivity index (χ0) is 15.7. The standard InChI is InChI=1S/C18H19ClN2O.ClH/c1-12-7-8-15(20)11-16(12)18(22)21-9-3-6-17(21)13-4-2-5-14(19)10-13;/h2,4-5,7-8,10-11,17H,3,6,9,20H2,1H3;1H. The van der Waals surface area contributed by atoms with Crippen molar-refractivity contribution in [3.8, 4) is 0 Å². The van der Waals surface area contributed by atoms with Gasteiger partial charge in [0.1, 0.15) is 0 Å². The second-order valence-electron chi connectivity index (χ2n) is 5.79. The summed E-state index contributed by atoms with van der Waals surface area (Å²) in [5.74, 6) is 0.0484. The van der Waals surface area contributed by atoms with Crippen LogP contribution in [0.2, 0.25) is 5.02 Å². The van der Waals surface area contributed by atoms with E-state index < -0.39 is 0 Å². The highest BCUT2D eigenvalue weighted by Crippen LogP contribution is 2.34. The molecular formula is C18H20Cl2N2O. The van der Waals surface area contributed by atoms with Crippen LogP contribution in [0.1, 0.15) is 40.4 Å². The van der Waals surface area contributed by atoms with E-state index in [0.29, 0.717) is 16.3 Å². The number of nitrogens with two attached hydrogens (primary N) is 1. The number of anilines is 1. The molecule has 0 spiro atoms. The molecular weight excluding hydrogens is 331 g/mol. The van der Waals surface area contributed by atoms with Crippen molar-refractivity contribution in [2.75, 3.05) is 12.3 Å². The smallest absolute Gasteiger partial charge is 0.254 e. The van der Waals surface area contributed by atoms with Crippen molar-refractivity contribution in [1.29, 1.82) is 0 Å². The van der Waals surface area contributed by atoms with Crippen LogP contribution in [-0.4, -0.2) is 17.4 Å². The average molecular weight is 351 g/mol. The molecule has 0 bridgehead atoms. The third-order valence-corrected chi connectivity index (χ3v) is 4.47. The van der Waals surface area contributed by atoms with E-state index in [4.69, 9.17) is 17.3 Å². The first kappa shape index (κ1) is 17.6.